The van der Waals surface area contributed by atoms with Crippen LogP contribution in [0.4, 0.5) is 0 Å². The SMILES string of the molecule is C#C/C(C)=C/C(CC)CCC(N)C/C=C\C.CC.CC. The van der Waals surface area contributed by atoms with E-state index in [4.69, 9.17) is 12.2 Å². The second-order valence-electron chi connectivity index (χ2n) is 4.30. The van der Waals surface area contributed by atoms with Gasteiger partial charge in [0.05, 0.1) is 0 Å². The van der Waals surface area contributed by atoms with Gasteiger partial charge in [-0.05, 0) is 51.0 Å². The van der Waals surface area contributed by atoms with E-state index in [9.17, 15) is 0 Å². The van der Waals surface area contributed by atoms with Crippen LogP contribution >= 0.6 is 0 Å². The maximum atomic E-state index is 6.01. The van der Waals surface area contributed by atoms with Crippen LogP contribution in [0.1, 0.15) is 74.1 Å². The van der Waals surface area contributed by atoms with Crippen molar-refractivity contribution in [2.24, 2.45) is 11.7 Å². The Morgan fingerprint density at radius 1 is 1.20 bits per heavy atom. The summed E-state index contributed by atoms with van der Waals surface area (Å²) in [6.07, 6.45) is 16.0. The lowest BCUT2D eigenvalue weighted by Gasteiger charge is -2.14. The van der Waals surface area contributed by atoms with Gasteiger partial charge in [0, 0.05) is 6.04 Å². The smallest absolute Gasteiger partial charge is 0.00736 e. The van der Waals surface area contributed by atoms with Crippen molar-refractivity contribution in [3.8, 4) is 12.3 Å². The van der Waals surface area contributed by atoms with Gasteiger partial charge in [-0.3, -0.25) is 0 Å². The Hall–Kier alpha value is -1.00. The summed E-state index contributed by atoms with van der Waals surface area (Å²) < 4.78 is 0. The maximum absolute atomic E-state index is 6.01. The summed E-state index contributed by atoms with van der Waals surface area (Å²) in [7, 11) is 0. The Morgan fingerprint density at radius 3 is 2.15 bits per heavy atom. The van der Waals surface area contributed by atoms with Gasteiger partial charge in [-0.2, -0.15) is 0 Å². The topological polar surface area (TPSA) is 26.0 Å². The summed E-state index contributed by atoms with van der Waals surface area (Å²) in [6, 6.07) is 0.282. The molecule has 0 rings (SSSR count). The van der Waals surface area contributed by atoms with E-state index in [2.05, 4.69) is 31.1 Å². The minimum Gasteiger partial charge on any atom is -0.327 e. The molecular formula is C19H37N. The number of terminal acetylenes is 1. The van der Waals surface area contributed by atoms with E-state index < -0.39 is 0 Å². The molecule has 0 bridgehead atoms. The van der Waals surface area contributed by atoms with Gasteiger partial charge in [0.1, 0.15) is 0 Å². The highest BCUT2D eigenvalue weighted by Gasteiger charge is 2.06. The van der Waals surface area contributed by atoms with Crippen molar-refractivity contribution in [1.82, 2.24) is 0 Å². The zero-order valence-electron chi connectivity index (χ0n) is 14.9. The lowest BCUT2D eigenvalue weighted by Crippen LogP contribution is -2.19. The fourth-order valence-electron chi connectivity index (χ4n) is 1.66. The second-order valence-corrected chi connectivity index (χ2v) is 4.30. The first-order valence-corrected chi connectivity index (χ1v) is 8.15. The van der Waals surface area contributed by atoms with Crippen molar-refractivity contribution < 1.29 is 0 Å². The molecular weight excluding hydrogens is 242 g/mol. The van der Waals surface area contributed by atoms with Gasteiger partial charge < -0.3 is 5.73 Å². The lowest BCUT2D eigenvalue weighted by molar-refractivity contribution is 0.493. The highest BCUT2D eigenvalue weighted by atomic mass is 14.6. The van der Waals surface area contributed by atoms with Crippen LogP contribution < -0.4 is 5.73 Å². The highest BCUT2D eigenvalue weighted by Crippen LogP contribution is 2.16. The van der Waals surface area contributed by atoms with Gasteiger partial charge in [-0.1, -0.05) is 58.8 Å². The molecule has 2 atom stereocenters. The molecule has 2 N–H and O–H groups in total. The number of hydrogen-bond acceptors (Lipinski definition) is 1. The van der Waals surface area contributed by atoms with Gasteiger partial charge in [-0.15, -0.1) is 6.42 Å². The third kappa shape index (κ3) is 17.0. The zero-order valence-corrected chi connectivity index (χ0v) is 14.9. The molecule has 0 aliphatic carbocycles. The van der Waals surface area contributed by atoms with Crippen LogP contribution in [0.2, 0.25) is 0 Å². The highest BCUT2D eigenvalue weighted by molar-refractivity contribution is 5.23. The van der Waals surface area contributed by atoms with E-state index >= 15 is 0 Å². The average Bonchev–Trinajstić information content (AvgIpc) is 2.52. The summed E-state index contributed by atoms with van der Waals surface area (Å²) in [4.78, 5) is 0. The fraction of sp³-hybridized carbons (Fsp3) is 0.684. The first-order valence-electron chi connectivity index (χ1n) is 8.15. The summed E-state index contributed by atoms with van der Waals surface area (Å²) in [5.74, 6) is 3.25. The molecule has 0 aromatic heterocycles. The van der Waals surface area contributed by atoms with Crippen LogP contribution in [0.5, 0.6) is 0 Å². The van der Waals surface area contributed by atoms with Gasteiger partial charge >= 0.3 is 0 Å². The molecule has 2 unspecified atom stereocenters. The normalized spacial score (nSPS) is 13.4. The standard InChI is InChI=1S/C15H25N.2C2H6/c1-5-8-9-15(16)11-10-14(7-3)12-13(4)6-2;2*1-2/h2,5,8,12,14-15H,7,9-11,16H2,1,3-4H3;2*1-2H3/b8-5-,13-12+;;. The Bertz CT molecular complexity index is 268. The number of allylic oxidation sites excluding steroid dienone is 3. The summed E-state index contributed by atoms with van der Waals surface area (Å²) in [6.45, 7) is 14.2. The van der Waals surface area contributed by atoms with E-state index in [1.807, 2.05) is 41.5 Å². The predicted molar refractivity (Wildman–Crippen MR) is 95.7 cm³/mol. The predicted octanol–water partition coefficient (Wildman–Crippen LogP) is 5.72. The molecule has 0 spiro atoms. The first kappa shape index (κ1) is 24.0. The number of nitrogens with two attached hydrogens (primary N) is 1. The summed E-state index contributed by atoms with van der Waals surface area (Å²) >= 11 is 0. The van der Waals surface area contributed by atoms with Gasteiger partial charge in [-0.25, -0.2) is 0 Å². The molecule has 1 nitrogen and oxygen atoms in total. The van der Waals surface area contributed by atoms with E-state index in [0.717, 1.165) is 31.3 Å². The average molecular weight is 280 g/mol. The van der Waals surface area contributed by atoms with Crippen LogP contribution in [0.25, 0.3) is 0 Å². The Labute approximate surface area is 128 Å². The first-order chi connectivity index (χ1) is 9.63. The maximum Gasteiger partial charge on any atom is 0.00736 e. The van der Waals surface area contributed by atoms with E-state index in [0.29, 0.717) is 5.92 Å². The third-order valence-electron chi connectivity index (χ3n) is 2.82. The summed E-state index contributed by atoms with van der Waals surface area (Å²) in [5, 5.41) is 0. The van der Waals surface area contributed by atoms with Crippen molar-refractivity contribution in [3.05, 3.63) is 23.8 Å². The van der Waals surface area contributed by atoms with Crippen molar-refractivity contribution in [1.29, 1.82) is 0 Å². The van der Waals surface area contributed by atoms with Crippen LogP contribution in [0.15, 0.2) is 23.8 Å². The molecule has 0 saturated heterocycles. The molecule has 0 saturated carbocycles. The van der Waals surface area contributed by atoms with Crippen molar-refractivity contribution in [3.63, 3.8) is 0 Å². The van der Waals surface area contributed by atoms with E-state index in [1.165, 1.54) is 0 Å². The molecule has 0 aliphatic rings. The Morgan fingerprint density at radius 2 is 1.75 bits per heavy atom. The Balaban J connectivity index is -0.000000656. The van der Waals surface area contributed by atoms with Gasteiger partial charge in [0.2, 0.25) is 0 Å². The molecule has 1 heteroatoms. The van der Waals surface area contributed by atoms with Gasteiger partial charge in [0.15, 0.2) is 0 Å². The van der Waals surface area contributed by atoms with Crippen LogP contribution in [-0.2, 0) is 0 Å². The largest absolute Gasteiger partial charge is 0.327 e. The molecule has 0 heterocycles. The molecule has 0 aliphatic heterocycles. The van der Waals surface area contributed by atoms with Crippen molar-refractivity contribution in [2.45, 2.75) is 80.2 Å². The number of rotatable bonds is 7. The molecule has 118 valence electrons. The Kier molecular flexibility index (Phi) is 24.4. The van der Waals surface area contributed by atoms with Crippen LogP contribution in [0.3, 0.4) is 0 Å². The third-order valence-corrected chi connectivity index (χ3v) is 2.82. The molecule has 0 aromatic carbocycles. The molecule has 0 radical (unpaired) electrons. The lowest BCUT2D eigenvalue weighted by atomic mass is 9.94. The number of hydrogen-bond donors (Lipinski definition) is 1. The monoisotopic (exact) mass is 279 g/mol. The molecule has 0 amide bonds. The zero-order chi connectivity index (χ0) is 16.4. The second kappa shape index (κ2) is 20.3. The van der Waals surface area contributed by atoms with E-state index in [-0.39, 0.29) is 6.04 Å². The fourth-order valence-corrected chi connectivity index (χ4v) is 1.66. The van der Waals surface area contributed by atoms with Crippen LogP contribution in [0, 0.1) is 18.3 Å². The van der Waals surface area contributed by atoms with E-state index in [1.54, 1.807) is 0 Å². The van der Waals surface area contributed by atoms with Crippen molar-refractivity contribution >= 4 is 0 Å². The summed E-state index contributed by atoms with van der Waals surface area (Å²) in [5.41, 5.74) is 7.05. The molecule has 20 heavy (non-hydrogen) atoms. The van der Waals surface area contributed by atoms with Gasteiger partial charge in [0.25, 0.3) is 0 Å². The minimum absolute atomic E-state index is 0.282. The quantitative estimate of drug-likeness (QED) is 0.468. The van der Waals surface area contributed by atoms with Crippen molar-refractivity contribution in [2.75, 3.05) is 0 Å². The minimum atomic E-state index is 0.282. The molecule has 0 fully saturated rings. The molecule has 0 aromatic rings. The van der Waals surface area contributed by atoms with Crippen LogP contribution in [-0.4, -0.2) is 6.04 Å².